The normalized spacial score (nSPS) is 14.4. The number of benzene rings is 2. The van der Waals surface area contributed by atoms with Crippen LogP contribution in [0.5, 0.6) is 5.75 Å². The van der Waals surface area contributed by atoms with Crippen LogP contribution in [0, 0.1) is 10.8 Å². The van der Waals surface area contributed by atoms with Crippen LogP contribution in [0.25, 0.3) is 0 Å². The lowest BCUT2D eigenvalue weighted by atomic mass is 9.69. The van der Waals surface area contributed by atoms with Gasteiger partial charge in [0.25, 0.3) is 0 Å². The van der Waals surface area contributed by atoms with E-state index >= 15 is 0 Å². The molecule has 3 heteroatoms. The first-order valence-corrected chi connectivity index (χ1v) is 11.6. The van der Waals surface area contributed by atoms with Crippen LogP contribution >= 0.6 is 11.8 Å². The highest BCUT2D eigenvalue weighted by Gasteiger charge is 2.30. The first-order valence-electron chi connectivity index (χ1n) is 10.6. The number of ether oxygens (including phenoxy) is 2. The fourth-order valence-electron chi connectivity index (χ4n) is 3.43. The summed E-state index contributed by atoms with van der Waals surface area (Å²) in [4.78, 5) is 1.27. The second-order valence-corrected chi connectivity index (χ2v) is 11.1. The van der Waals surface area contributed by atoms with Crippen LogP contribution in [0.1, 0.15) is 66.4 Å². The van der Waals surface area contributed by atoms with Crippen LogP contribution in [-0.2, 0) is 4.74 Å². The molecule has 0 heterocycles. The van der Waals surface area contributed by atoms with Crippen molar-refractivity contribution in [1.29, 1.82) is 0 Å². The lowest BCUT2D eigenvalue weighted by Gasteiger charge is -2.36. The van der Waals surface area contributed by atoms with E-state index in [1.165, 1.54) is 10.5 Å². The first-order chi connectivity index (χ1) is 13.5. The van der Waals surface area contributed by atoms with Gasteiger partial charge in [0, 0.05) is 10.6 Å². The molecule has 0 aliphatic rings. The van der Waals surface area contributed by atoms with Crippen molar-refractivity contribution in [2.75, 3.05) is 12.4 Å². The fourth-order valence-corrected chi connectivity index (χ4v) is 4.20. The van der Waals surface area contributed by atoms with Gasteiger partial charge in [-0.1, -0.05) is 71.9 Å². The van der Waals surface area contributed by atoms with Crippen molar-refractivity contribution in [1.82, 2.24) is 0 Å². The summed E-state index contributed by atoms with van der Waals surface area (Å²) in [6, 6.07) is 19.0. The van der Waals surface area contributed by atoms with Crippen molar-refractivity contribution < 1.29 is 9.47 Å². The molecule has 160 valence electrons. The van der Waals surface area contributed by atoms with Crippen LogP contribution in [0.2, 0.25) is 0 Å². The lowest BCUT2D eigenvalue weighted by Crippen LogP contribution is -2.24. The molecular formula is C26H38O2S. The number of thioether (sulfide) groups is 1. The third-order valence-corrected chi connectivity index (χ3v) is 5.87. The van der Waals surface area contributed by atoms with Gasteiger partial charge >= 0.3 is 0 Å². The summed E-state index contributed by atoms with van der Waals surface area (Å²) < 4.78 is 11.8. The van der Waals surface area contributed by atoms with Gasteiger partial charge in [-0.25, -0.2) is 0 Å². The SMILES string of the molecule is CC(OCCSc1ccccc1)Oc1ccc(C(CC(C)(C)C)C(C)(C)C)cc1. The molecule has 0 radical (unpaired) electrons. The topological polar surface area (TPSA) is 18.5 Å². The number of hydrogen-bond acceptors (Lipinski definition) is 3. The van der Waals surface area contributed by atoms with Crippen LogP contribution < -0.4 is 4.74 Å². The molecule has 0 saturated heterocycles. The Balaban J connectivity index is 1.85. The molecule has 2 aromatic carbocycles. The summed E-state index contributed by atoms with van der Waals surface area (Å²) in [5.74, 6) is 2.29. The molecule has 0 spiro atoms. The predicted molar refractivity (Wildman–Crippen MR) is 126 cm³/mol. The molecule has 0 aliphatic carbocycles. The summed E-state index contributed by atoms with van der Waals surface area (Å²) in [6.07, 6.45) is 0.903. The Hall–Kier alpha value is -1.45. The van der Waals surface area contributed by atoms with E-state index in [1.54, 1.807) is 11.8 Å². The highest BCUT2D eigenvalue weighted by molar-refractivity contribution is 7.99. The summed E-state index contributed by atoms with van der Waals surface area (Å²) in [5, 5.41) is 0. The van der Waals surface area contributed by atoms with Gasteiger partial charge < -0.3 is 9.47 Å². The van der Waals surface area contributed by atoms with Crippen LogP contribution in [0.15, 0.2) is 59.5 Å². The largest absolute Gasteiger partial charge is 0.465 e. The van der Waals surface area contributed by atoms with E-state index in [9.17, 15) is 0 Å². The Morgan fingerprint density at radius 3 is 2.03 bits per heavy atom. The zero-order chi connectivity index (χ0) is 21.5. The van der Waals surface area contributed by atoms with Crippen molar-refractivity contribution >= 4 is 11.8 Å². The molecule has 29 heavy (non-hydrogen) atoms. The monoisotopic (exact) mass is 414 g/mol. The average Bonchev–Trinajstić information content (AvgIpc) is 2.63. The van der Waals surface area contributed by atoms with Gasteiger partial charge in [-0.3, -0.25) is 0 Å². The maximum absolute atomic E-state index is 5.96. The second kappa shape index (κ2) is 10.5. The highest BCUT2D eigenvalue weighted by Crippen LogP contribution is 2.43. The maximum Gasteiger partial charge on any atom is 0.197 e. The van der Waals surface area contributed by atoms with E-state index < -0.39 is 0 Å². The van der Waals surface area contributed by atoms with Gasteiger partial charge in [0.05, 0.1) is 6.61 Å². The zero-order valence-corrected chi connectivity index (χ0v) is 20.0. The highest BCUT2D eigenvalue weighted by atomic mass is 32.2. The van der Waals surface area contributed by atoms with Gasteiger partial charge in [-0.15, -0.1) is 11.8 Å². The van der Waals surface area contributed by atoms with Crippen molar-refractivity contribution in [3.05, 3.63) is 60.2 Å². The lowest BCUT2D eigenvalue weighted by molar-refractivity contribution is -0.0602. The van der Waals surface area contributed by atoms with Crippen molar-refractivity contribution in [2.24, 2.45) is 10.8 Å². The van der Waals surface area contributed by atoms with Crippen molar-refractivity contribution in [2.45, 2.75) is 72.0 Å². The number of rotatable bonds is 9. The van der Waals surface area contributed by atoms with Crippen LogP contribution in [0.3, 0.4) is 0 Å². The Labute approximate surface area is 182 Å². The summed E-state index contributed by atoms with van der Waals surface area (Å²) in [5.41, 5.74) is 1.91. The molecule has 0 amide bonds. The molecule has 2 nitrogen and oxygen atoms in total. The number of hydrogen-bond donors (Lipinski definition) is 0. The molecule has 0 bridgehead atoms. The zero-order valence-electron chi connectivity index (χ0n) is 19.2. The Kier molecular flexibility index (Phi) is 8.66. The van der Waals surface area contributed by atoms with Crippen LogP contribution in [-0.4, -0.2) is 18.6 Å². The van der Waals surface area contributed by atoms with E-state index in [1.807, 2.05) is 13.0 Å². The second-order valence-electron chi connectivity index (χ2n) is 9.97. The van der Waals surface area contributed by atoms with Crippen molar-refractivity contribution in [3.63, 3.8) is 0 Å². The molecule has 2 aromatic rings. The predicted octanol–water partition coefficient (Wildman–Crippen LogP) is 7.79. The van der Waals surface area contributed by atoms with E-state index in [-0.39, 0.29) is 11.7 Å². The minimum absolute atomic E-state index is 0.225. The van der Waals surface area contributed by atoms with E-state index in [0.29, 0.717) is 17.9 Å². The Bertz CT molecular complexity index is 711. The third kappa shape index (κ3) is 8.84. The Morgan fingerprint density at radius 2 is 1.48 bits per heavy atom. The molecule has 0 aromatic heterocycles. The van der Waals surface area contributed by atoms with Crippen molar-refractivity contribution in [3.8, 4) is 5.75 Å². The molecule has 0 aliphatic heterocycles. The summed E-state index contributed by atoms with van der Waals surface area (Å²) >= 11 is 1.80. The molecule has 0 N–H and O–H groups in total. The fraction of sp³-hybridized carbons (Fsp3) is 0.538. The van der Waals surface area contributed by atoms with Crippen LogP contribution in [0.4, 0.5) is 0 Å². The van der Waals surface area contributed by atoms with Gasteiger partial charge in [0.1, 0.15) is 5.75 Å². The van der Waals surface area contributed by atoms with Gasteiger partial charge in [0.2, 0.25) is 0 Å². The molecule has 0 saturated carbocycles. The first kappa shape index (κ1) is 23.8. The molecule has 2 unspecified atom stereocenters. The summed E-state index contributed by atoms with van der Waals surface area (Å²) in [7, 11) is 0. The summed E-state index contributed by atoms with van der Waals surface area (Å²) in [6.45, 7) is 16.6. The molecule has 0 fully saturated rings. The maximum atomic E-state index is 5.96. The molecule has 2 atom stereocenters. The third-order valence-electron chi connectivity index (χ3n) is 4.89. The quantitative estimate of drug-likeness (QED) is 0.237. The van der Waals surface area contributed by atoms with E-state index in [2.05, 4.69) is 90.1 Å². The smallest absolute Gasteiger partial charge is 0.197 e. The minimum atomic E-state index is -0.259. The van der Waals surface area contributed by atoms with E-state index in [0.717, 1.165) is 17.9 Å². The van der Waals surface area contributed by atoms with E-state index in [4.69, 9.17) is 9.47 Å². The Morgan fingerprint density at radius 1 is 0.862 bits per heavy atom. The van der Waals surface area contributed by atoms with Gasteiger partial charge in [0.15, 0.2) is 6.29 Å². The molecule has 2 rings (SSSR count). The molecular weight excluding hydrogens is 376 g/mol. The average molecular weight is 415 g/mol. The van der Waals surface area contributed by atoms with Gasteiger partial charge in [-0.2, -0.15) is 0 Å². The minimum Gasteiger partial charge on any atom is -0.465 e. The van der Waals surface area contributed by atoms with Gasteiger partial charge in [-0.05, 0) is 59.9 Å². The standard InChI is InChI=1S/C26H38O2S/c1-20(27-17-18-29-23-11-9-8-10-12-23)28-22-15-13-21(14-16-22)24(26(5,6)7)19-25(2,3)4/h8-16,20,24H,17-19H2,1-7H3.